The van der Waals surface area contributed by atoms with E-state index in [0.717, 1.165) is 6.54 Å². The molecule has 0 spiro atoms. The zero-order chi connectivity index (χ0) is 17.7. The molecule has 0 saturated carbocycles. The Morgan fingerprint density at radius 3 is 2.71 bits per heavy atom. The molecule has 1 aliphatic heterocycles. The summed E-state index contributed by atoms with van der Waals surface area (Å²) in [5.74, 6) is -0.0347. The van der Waals surface area contributed by atoms with E-state index in [1.54, 1.807) is 18.2 Å². The summed E-state index contributed by atoms with van der Waals surface area (Å²) in [6, 6.07) is 6.06. The standard InChI is InChI=1S/C18H26FN3O2/c1-13(2)11-22-9-8-21(14(3)18(22)24)12-17(23)20-10-15-6-4-5-7-16(15)19/h4-7,13-14H,8-12H2,1-3H3,(H,20,23). The van der Waals surface area contributed by atoms with E-state index >= 15 is 0 Å². The normalized spacial score (nSPS) is 19.0. The Labute approximate surface area is 142 Å². The molecular weight excluding hydrogens is 309 g/mol. The summed E-state index contributed by atoms with van der Waals surface area (Å²) in [6.07, 6.45) is 0. The molecule has 1 N–H and O–H groups in total. The second-order valence-corrected chi connectivity index (χ2v) is 6.69. The number of amides is 2. The van der Waals surface area contributed by atoms with E-state index in [1.165, 1.54) is 6.07 Å². The van der Waals surface area contributed by atoms with Gasteiger partial charge in [-0.1, -0.05) is 32.0 Å². The number of nitrogens with one attached hydrogen (secondary N) is 1. The summed E-state index contributed by atoms with van der Waals surface area (Å²) < 4.78 is 13.5. The number of carbonyl (C=O) groups is 2. The molecule has 0 bridgehead atoms. The maximum Gasteiger partial charge on any atom is 0.239 e. The Morgan fingerprint density at radius 1 is 1.33 bits per heavy atom. The molecule has 1 unspecified atom stereocenters. The smallest absolute Gasteiger partial charge is 0.239 e. The van der Waals surface area contributed by atoms with Crippen molar-refractivity contribution < 1.29 is 14.0 Å². The Morgan fingerprint density at radius 2 is 2.04 bits per heavy atom. The predicted octanol–water partition coefficient (Wildman–Crippen LogP) is 1.63. The van der Waals surface area contributed by atoms with Gasteiger partial charge in [0.25, 0.3) is 0 Å². The summed E-state index contributed by atoms with van der Waals surface area (Å²) in [6.45, 7) is 8.36. The van der Waals surface area contributed by atoms with Crippen molar-refractivity contribution in [1.29, 1.82) is 0 Å². The van der Waals surface area contributed by atoms with Gasteiger partial charge in [0, 0.05) is 31.7 Å². The van der Waals surface area contributed by atoms with Crippen LogP contribution < -0.4 is 5.32 Å². The third-order valence-electron chi connectivity index (χ3n) is 4.24. The number of benzene rings is 1. The highest BCUT2D eigenvalue weighted by Gasteiger charge is 2.32. The number of rotatable bonds is 6. The highest BCUT2D eigenvalue weighted by Crippen LogP contribution is 2.13. The van der Waals surface area contributed by atoms with Gasteiger partial charge in [-0.15, -0.1) is 0 Å². The molecule has 1 saturated heterocycles. The summed E-state index contributed by atoms with van der Waals surface area (Å²) in [5, 5.41) is 2.72. The molecule has 2 rings (SSSR count). The molecule has 1 aliphatic rings. The predicted molar refractivity (Wildman–Crippen MR) is 90.7 cm³/mol. The molecule has 5 nitrogen and oxygen atoms in total. The molecule has 0 radical (unpaired) electrons. The van der Waals surface area contributed by atoms with Crippen molar-refractivity contribution in [3.63, 3.8) is 0 Å². The van der Waals surface area contributed by atoms with Gasteiger partial charge in [-0.25, -0.2) is 4.39 Å². The molecule has 24 heavy (non-hydrogen) atoms. The molecule has 1 aromatic rings. The van der Waals surface area contributed by atoms with Crippen LogP contribution in [0.15, 0.2) is 24.3 Å². The second-order valence-electron chi connectivity index (χ2n) is 6.69. The van der Waals surface area contributed by atoms with Crippen molar-refractivity contribution in [2.45, 2.75) is 33.4 Å². The average molecular weight is 335 g/mol. The van der Waals surface area contributed by atoms with E-state index in [2.05, 4.69) is 19.2 Å². The lowest BCUT2D eigenvalue weighted by Gasteiger charge is -2.39. The first kappa shape index (κ1) is 18.4. The van der Waals surface area contributed by atoms with Crippen LogP contribution in [-0.2, 0) is 16.1 Å². The number of nitrogens with zero attached hydrogens (tertiary/aromatic N) is 2. The number of piperazine rings is 1. The minimum absolute atomic E-state index is 0.0665. The van der Waals surface area contributed by atoms with Gasteiger partial charge in [0.2, 0.25) is 11.8 Å². The Balaban J connectivity index is 1.84. The molecule has 1 atom stereocenters. The van der Waals surface area contributed by atoms with Gasteiger partial charge < -0.3 is 10.2 Å². The molecule has 1 heterocycles. The van der Waals surface area contributed by atoms with Crippen LogP contribution in [0, 0.1) is 11.7 Å². The highest BCUT2D eigenvalue weighted by molar-refractivity contribution is 5.84. The van der Waals surface area contributed by atoms with Crippen LogP contribution in [0.5, 0.6) is 0 Å². The SMILES string of the molecule is CC(C)CN1CCN(CC(=O)NCc2ccccc2F)C(C)C1=O. The van der Waals surface area contributed by atoms with Crippen LogP contribution in [0.1, 0.15) is 26.3 Å². The lowest BCUT2D eigenvalue weighted by Crippen LogP contribution is -2.58. The number of hydrogen-bond donors (Lipinski definition) is 1. The van der Waals surface area contributed by atoms with Gasteiger partial charge in [-0.05, 0) is 18.9 Å². The number of halogens is 1. The minimum atomic E-state index is -0.330. The van der Waals surface area contributed by atoms with Gasteiger partial charge in [0.15, 0.2) is 0 Å². The first-order valence-corrected chi connectivity index (χ1v) is 8.41. The zero-order valence-corrected chi connectivity index (χ0v) is 14.6. The van der Waals surface area contributed by atoms with Crippen LogP contribution in [0.3, 0.4) is 0 Å². The fraction of sp³-hybridized carbons (Fsp3) is 0.556. The van der Waals surface area contributed by atoms with Crippen molar-refractivity contribution in [2.24, 2.45) is 5.92 Å². The molecule has 132 valence electrons. The van der Waals surface area contributed by atoms with Gasteiger partial charge >= 0.3 is 0 Å². The van der Waals surface area contributed by atoms with E-state index in [4.69, 9.17) is 0 Å². The quantitative estimate of drug-likeness (QED) is 0.860. The minimum Gasteiger partial charge on any atom is -0.351 e. The van der Waals surface area contributed by atoms with Crippen molar-refractivity contribution in [3.05, 3.63) is 35.6 Å². The first-order valence-electron chi connectivity index (χ1n) is 8.41. The lowest BCUT2D eigenvalue weighted by molar-refractivity contribution is -0.142. The zero-order valence-electron chi connectivity index (χ0n) is 14.6. The van der Waals surface area contributed by atoms with Crippen molar-refractivity contribution in [1.82, 2.24) is 15.1 Å². The molecule has 2 amide bonds. The van der Waals surface area contributed by atoms with Crippen LogP contribution in [0.4, 0.5) is 4.39 Å². The van der Waals surface area contributed by atoms with E-state index in [0.29, 0.717) is 24.6 Å². The number of hydrogen-bond acceptors (Lipinski definition) is 3. The topological polar surface area (TPSA) is 52.6 Å². The Kier molecular flexibility index (Phi) is 6.31. The first-order chi connectivity index (χ1) is 11.4. The van der Waals surface area contributed by atoms with Crippen molar-refractivity contribution in [2.75, 3.05) is 26.2 Å². The van der Waals surface area contributed by atoms with Crippen LogP contribution in [0.25, 0.3) is 0 Å². The maximum atomic E-state index is 13.5. The van der Waals surface area contributed by atoms with Crippen molar-refractivity contribution >= 4 is 11.8 Å². The largest absolute Gasteiger partial charge is 0.351 e. The van der Waals surface area contributed by atoms with Crippen LogP contribution >= 0.6 is 0 Å². The number of carbonyl (C=O) groups excluding carboxylic acids is 2. The van der Waals surface area contributed by atoms with Gasteiger partial charge in [-0.3, -0.25) is 14.5 Å². The molecule has 1 fully saturated rings. The van der Waals surface area contributed by atoms with E-state index in [1.807, 2.05) is 16.7 Å². The molecule has 0 aliphatic carbocycles. The second kappa shape index (κ2) is 8.24. The van der Waals surface area contributed by atoms with Crippen LogP contribution in [0.2, 0.25) is 0 Å². The Bertz CT molecular complexity index is 591. The fourth-order valence-electron chi connectivity index (χ4n) is 2.89. The average Bonchev–Trinajstić information content (AvgIpc) is 2.53. The third kappa shape index (κ3) is 4.77. The van der Waals surface area contributed by atoms with E-state index < -0.39 is 0 Å². The monoisotopic (exact) mass is 335 g/mol. The maximum absolute atomic E-state index is 13.5. The van der Waals surface area contributed by atoms with E-state index in [9.17, 15) is 14.0 Å². The van der Waals surface area contributed by atoms with Gasteiger partial charge in [0.1, 0.15) is 5.82 Å². The summed E-state index contributed by atoms with van der Waals surface area (Å²) in [5.41, 5.74) is 0.455. The molecular formula is C18H26FN3O2. The summed E-state index contributed by atoms with van der Waals surface area (Å²) in [7, 11) is 0. The Hall–Kier alpha value is -1.95. The molecule has 0 aromatic heterocycles. The molecule has 6 heteroatoms. The third-order valence-corrected chi connectivity index (χ3v) is 4.24. The summed E-state index contributed by atoms with van der Waals surface area (Å²) in [4.78, 5) is 28.2. The van der Waals surface area contributed by atoms with E-state index in [-0.39, 0.29) is 36.8 Å². The van der Waals surface area contributed by atoms with Gasteiger partial charge in [-0.2, -0.15) is 0 Å². The van der Waals surface area contributed by atoms with Crippen LogP contribution in [-0.4, -0.2) is 53.8 Å². The molecule has 1 aromatic carbocycles. The fourth-order valence-corrected chi connectivity index (χ4v) is 2.89. The summed E-state index contributed by atoms with van der Waals surface area (Å²) >= 11 is 0. The van der Waals surface area contributed by atoms with Gasteiger partial charge in [0.05, 0.1) is 12.6 Å². The van der Waals surface area contributed by atoms with Crippen molar-refractivity contribution in [3.8, 4) is 0 Å². The highest BCUT2D eigenvalue weighted by atomic mass is 19.1. The lowest BCUT2D eigenvalue weighted by atomic mass is 10.1.